The lowest BCUT2D eigenvalue weighted by atomic mass is 10.1. The van der Waals surface area contributed by atoms with E-state index in [2.05, 4.69) is 15.0 Å². The maximum atomic E-state index is 13.6. The highest BCUT2D eigenvalue weighted by Gasteiger charge is 2.26. The molecule has 1 fully saturated rings. The van der Waals surface area contributed by atoms with E-state index in [0.717, 1.165) is 17.5 Å². The number of likely N-dealkylation sites (tertiary alicyclic amines) is 1. The molecule has 0 unspecified atom stereocenters. The Kier molecular flexibility index (Phi) is 8.11. The summed E-state index contributed by atoms with van der Waals surface area (Å²) in [6.45, 7) is 4.08. The molecule has 11 heteroatoms. The lowest BCUT2D eigenvalue weighted by molar-refractivity contribution is -0.129. The fourth-order valence-corrected chi connectivity index (χ4v) is 4.16. The third-order valence-corrected chi connectivity index (χ3v) is 6.12. The first-order valence-electron chi connectivity index (χ1n) is 12.1. The minimum Gasteiger partial charge on any atom is -0.481 e. The summed E-state index contributed by atoms with van der Waals surface area (Å²) in [5.41, 5.74) is 2.24. The van der Waals surface area contributed by atoms with E-state index in [0.29, 0.717) is 56.3 Å². The molecule has 3 aromatic heterocycles. The zero-order valence-corrected chi connectivity index (χ0v) is 20.9. The molecule has 0 radical (unpaired) electrons. The number of rotatable bonds is 10. The molecule has 1 aliphatic rings. The summed E-state index contributed by atoms with van der Waals surface area (Å²) in [6.07, 6.45) is 4.30. The van der Waals surface area contributed by atoms with Gasteiger partial charge in [0.1, 0.15) is 0 Å². The van der Waals surface area contributed by atoms with Gasteiger partial charge in [0.2, 0.25) is 11.8 Å². The summed E-state index contributed by atoms with van der Waals surface area (Å²) in [6, 6.07) is 5.50. The topological polar surface area (TPSA) is 123 Å². The van der Waals surface area contributed by atoms with Gasteiger partial charge < -0.3 is 24.4 Å². The van der Waals surface area contributed by atoms with Crippen molar-refractivity contribution in [2.75, 3.05) is 51.9 Å². The van der Waals surface area contributed by atoms with Gasteiger partial charge in [-0.3, -0.25) is 14.2 Å². The van der Waals surface area contributed by atoms with Crippen molar-refractivity contribution in [2.24, 2.45) is 0 Å². The van der Waals surface area contributed by atoms with Crippen LogP contribution >= 0.6 is 0 Å². The maximum absolute atomic E-state index is 13.6. The molecule has 0 aliphatic carbocycles. The maximum Gasteiger partial charge on any atom is 0.294 e. The number of pyridine rings is 2. The van der Waals surface area contributed by atoms with Crippen molar-refractivity contribution in [1.82, 2.24) is 24.4 Å². The number of hydrogen-bond acceptors (Lipinski definition) is 9. The van der Waals surface area contributed by atoms with E-state index in [9.17, 15) is 14.7 Å². The van der Waals surface area contributed by atoms with Crippen molar-refractivity contribution < 1.29 is 19.4 Å². The molecule has 0 bridgehead atoms. The van der Waals surface area contributed by atoms with Crippen LogP contribution in [0.1, 0.15) is 19.8 Å². The second kappa shape index (κ2) is 11.4. The third-order valence-electron chi connectivity index (χ3n) is 6.12. The molecule has 36 heavy (non-hydrogen) atoms. The van der Waals surface area contributed by atoms with Gasteiger partial charge in [0.25, 0.3) is 5.56 Å². The molecule has 0 aromatic carbocycles. The molecule has 4 heterocycles. The number of ether oxygens (including phenoxy) is 2. The van der Waals surface area contributed by atoms with E-state index >= 15 is 0 Å². The molecule has 1 atom stereocenters. The number of likely N-dealkylation sites (N-methyl/N-ethyl adjacent to an activating group) is 1. The fourth-order valence-electron chi connectivity index (χ4n) is 4.16. The number of amides is 1. The number of hydrogen-bond donors (Lipinski definition) is 1. The van der Waals surface area contributed by atoms with Gasteiger partial charge in [-0.1, -0.05) is 6.92 Å². The number of carbonyl (C=O) groups excluding carboxylic acids is 1. The average Bonchev–Trinajstić information content (AvgIpc) is 3.33. The van der Waals surface area contributed by atoms with Gasteiger partial charge in [-0.05, 0) is 25.0 Å². The Morgan fingerprint density at radius 3 is 2.69 bits per heavy atom. The molecule has 1 aliphatic heterocycles. The minimum absolute atomic E-state index is 0.0254. The van der Waals surface area contributed by atoms with E-state index in [4.69, 9.17) is 9.47 Å². The summed E-state index contributed by atoms with van der Waals surface area (Å²) >= 11 is 0. The first-order valence-corrected chi connectivity index (χ1v) is 12.1. The van der Waals surface area contributed by atoms with E-state index < -0.39 is 6.10 Å². The second-order valence-electron chi connectivity index (χ2n) is 8.80. The van der Waals surface area contributed by atoms with Crippen molar-refractivity contribution in [3.8, 4) is 17.0 Å². The third kappa shape index (κ3) is 5.63. The fraction of sp³-hybridized carbons (Fsp3) is 0.480. The molecule has 4 rings (SSSR count). The SMILES string of the molecule is CCCOCCn1c(=O)c(N(C)CC(=O)N2CC[C@@H](O)C2)nc2ncc(-c3ccc(OC)nc3)cc21. The number of aliphatic hydroxyl groups excluding tert-OH is 1. The van der Waals surface area contributed by atoms with Crippen LogP contribution in [-0.4, -0.2) is 88.5 Å². The van der Waals surface area contributed by atoms with Crippen LogP contribution < -0.4 is 15.2 Å². The Hall–Kier alpha value is -3.57. The number of carbonyl (C=O) groups is 1. The molecule has 1 N–H and O–H groups in total. The van der Waals surface area contributed by atoms with Crippen LogP contribution in [0.2, 0.25) is 0 Å². The molecular weight excluding hydrogens is 464 g/mol. The Balaban J connectivity index is 1.68. The predicted molar refractivity (Wildman–Crippen MR) is 135 cm³/mol. The summed E-state index contributed by atoms with van der Waals surface area (Å²) in [5, 5.41) is 9.75. The molecule has 192 valence electrons. The van der Waals surface area contributed by atoms with Crippen molar-refractivity contribution in [3.05, 3.63) is 40.9 Å². The number of aromatic nitrogens is 4. The van der Waals surface area contributed by atoms with Crippen LogP contribution in [0, 0.1) is 0 Å². The van der Waals surface area contributed by atoms with Gasteiger partial charge in [-0.2, -0.15) is 0 Å². The van der Waals surface area contributed by atoms with Crippen LogP contribution in [-0.2, 0) is 16.1 Å². The lowest BCUT2D eigenvalue weighted by Gasteiger charge is -2.23. The normalized spacial score (nSPS) is 15.4. The molecule has 1 saturated heterocycles. The van der Waals surface area contributed by atoms with Crippen molar-refractivity contribution in [1.29, 1.82) is 0 Å². The van der Waals surface area contributed by atoms with Crippen LogP contribution in [0.15, 0.2) is 35.4 Å². The minimum atomic E-state index is -0.502. The Labute approximate surface area is 209 Å². The van der Waals surface area contributed by atoms with Crippen LogP contribution in [0.25, 0.3) is 22.3 Å². The highest BCUT2D eigenvalue weighted by molar-refractivity contribution is 5.82. The summed E-state index contributed by atoms with van der Waals surface area (Å²) in [5.74, 6) is 0.478. The van der Waals surface area contributed by atoms with Gasteiger partial charge >= 0.3 is 0 Å². The number of anilines is 1. The summed E-state index contributed by atoms with van der Waals surface area (Å²) in [7, 11) is 3.22. The lowest BCUT2D eigenvalue weighted by Crippen LogP contribution is -2.41. The van der Waals surface area contributed by atoms with E-state index in [-0.39, 0.29) is 23.8 Å². The Bertz CT molecular complexity index is 1260. The monoisotopic (exact) mass is 496 g/mol. The zero-order valence-electron chi connectivity index (χ0n) is 20.9. The van der Waals surface area contributed by atoms with Gasteiger partial charge in [-0.15, -0.1) is 0 Å². The number of nitrogens with zero attached hydrogens (tertiary/aromatic N) is 6. The van der Waals surface area contributed by atoms with Crippen molar-refractivity contribution >= 4 is 22.9 Å². The number of fused-ring (bicyclic) bond motifs is 1. The molecule has 11 nitrogen and oxygen atoms in total. The first kappa shape index (κ1) is 25.5. The van der Waals surface area contributed by atoms with E-state index in [1.807, 2.05) is 19.1 Å². The second-order valence-corrected chi connectivity index (χ2v) is 8.80. The summed E-state index contributed by atoms with van der Waals surface area (Å²) in [4.78, 5) is 42.7. The molecular formula is C25H32N6O5. The zero-order chi connectivity index (χ0) is 25.7. The smallest absolute Gasteiger partial charge is 0.294 e. The van der Waals surface area contributed by atoms with Crippen LogP contribution in [0.5, 0.6) is 5.88 Å². The standard InChI is InChI=1S/C25H32N6O5/c1-4-10-36-11-9-31-20-12-18(17-5-6-21(35-3)26-13-17)14-27-23(20)28-24(25(31)34)29(2)16-22(33)30-8-7-19(32)15-30/h5-6,12-14,19,32H,4,7-11,15-16H2,1-3H3/t19-/m1/s1. The Morgan fingerprint density at radius 2 is 2.03 bits per heavy atom. The predicted octanol–water partition coefficient (Wildman–Crippen LogP) is 1.32. The van der Waals surface area contributed by atoms with Crippen LogP contribution in [0.4, 0.5) is 5.82 Å². The average molecular weight is 497 g/mol. The van der Waals surface area contributed by atoms with Gasteiger partial charge in [0.15, 0.2) is 11.5 Å². The van der Waals surface area contributed by atoms with Gasteiger partial charge in [-0.25, -0.2) is 15.0 Å². The summed E-state index contributed by atoms with van der Waals surface area (Å²) < 4.78 is 12.4. The van der Waals surface area contributed by atoms with Gasteiger partial charge in [0.05, 0.1) is 31.9 Å². The highest BCUT2D eigenvalue weighted by atomic mass is 16.5. The molecule has 1 amide bonds. The number of β-amino-alcohol motifs (C(OH)–C–C–N with tert-alkyl or cyclic N) is 1. The molecule has 0 saturated carbocycles. The number of aliphatic hydroxyl groups is 1. The van der Waals surface area contributed by atoms with Gasteiger partial charge in [0, 0.05) is 62.9 Å². The first-order chi connectivity index (χ1) is 17.4. The van der Waals surface area contributed by atoms with E-state index in [1.165, 1.54) is 0 Å². The van der Waals surface area contributed by atoms with E-state index in [1.54, 1.807) is 47.0 Å². The number of methoxy groups -OCH3 is 1. The van der Waals surface area contributed by atoms with Crippen molar-refractivity contribution in [3.63, 3.8) is 0 Å². The quantitative estimate of drug-likeness (QED) is 0.414. The Morgan fingerprint density at radius 1 is 1.22 bits per heavy atom. The molecule has 0 spiro atoms. The van der Waals surface area contributed by atoms with Crippen LogP contribution in [0.3, 0.4) is 0 Å². The highest BCUT2D eigenvalue weighted by Crippen LogP contribution is 2.23. The molecule has 3 aromatic rings. The van der Waals surface area contributed by atoms with Crippen molar-refractivity contribution in [2.45, 2.75) is 32.4 Å². The largest absolute Gasteiger partial charge is 0.481 e.